The molecule has 0 saturated carbocycles. The van der Waals surface area contributed by atoms with Gasteiger partial charge in [0.05, 0.1) is 5.75 Å². The Morgan fingerprint density at radius 2 is 1.76 bits per heavy atom. The van der Waals surface area contributed by atoms with Crippen molar-refractivity contribution < 1.29 is 13.2 Å². The van der Waals surface area contributed by atoms with Crippen LogP contribution in [-0.2, 0) is 15.8 Å². The fourth-order valence-corrected chi connectivity index (χ4v) is 2.74. The lowest BCUT2D eigenvalue weighted by molar-refractivity contribution is 0.248. The number of nitrogens with one attached hydrogen (secondary N) is 1. The maximum atomic E-state index is 12.1. The number of urea groups is 1. The average Bonchev–Trinajstić information content (AvgIpc) is 2.48. The number of aromatic nitrogens is 2. The number of thiol groups is 1. The Kier molecular flexibility index (Phi) is 4.76. The van der Waals surface area contributed by atoms with Gasteiger partial charge in [-0.15, -0.1) is 0 Å². The summed E-state index contributed by atoms with van der Waals surface area (Å²) in [6.07, 6.45) is 2.84. The third-order valence-corrected chi connectivity index (χ3v) is 4.73. The second kappa shape index (κ2) is 6.55. The first kappa shape index (κ1) is 15.3. The van der Waals surface area contributed by atoms with E-state index >= 15 is 0 Å². The van der Waals surface area contributed by atoms with Crippen LogP contribution in [0, 0.1) is 0 Å². The SMILES string of the molecule is O=C(Nc1ncccn1)N(S)S(=O)(=O)Cc1ccccc1. The molecule has 7 nitrogen and oxygen atoms in total. The Bertz CT molecular complexity index is 708. The number of anilines is 1. The van der Waals surface area contributed by atoms with Gasteiger partial charge in [0, 0.05) is 12.4 Å². The second-order valence-electron chi connectivity index (χ2n) is 3.99. The van der Waals surface area contributed by atoms with Gasteiger partial charge in [0.2, 0.25) is 5.95 Å². The van der Waals surface area contributed by atoms with Gasteiger partial charge in [-0.05, 0) is 24.4 Å². The molecule has 1 aromatic heterocycles. The molecule has 21 heavy (non-hydrogen) atoms. The molecule has 0 spiro atoms. The monoisotopic (exact) mass is 324 g/mol. The fourth-order valence-electron chi connectivity index (χ4n) is 1.48. The van der Waals surface area contributed by atoms with E-state index in [4.69, 9.17) is 0 Å². The zero-order valence-electron chi connectivity index (χ0n) is 10.7. The van der Waals surface area contributed by atoms with Crippen LogP contribution in [0.25, 0.3) is 0 Å². The average molecular weight is 324 g/mol. The molecule has 2 aromatic rings. The number of amides is 2. The summed E-state index contributed by atoms with van der Waals surface area (Å²) >= 11 is 3.74. The maximum Gasteiger partial charge on any atom is 0.348 e. The van der Waals surface area contributed by atoms with Gasteiger partial charge in [0.1, 0.15) is 0 Å². The van der Waals surface area contributed by atoms with E-state index in [9.17, 15) is 13.2 Å². The molecule has 0 unspecified atom stereocenters. The van der Waals surface area contributed by atoms with Gasteiger partial charge in [0.15, 0.2) is 0 Å². The summed E-state index contributed by atoms with van der Waals surface area (Å²) in [5.74, 6) is -0.336. The third-order valence-electron chi connectivity index (χ3n) is 2.41. The molecule has 0 atom stereocenters. The van der Waals surface area contributed by atoms with Crippen LogP contribution in [0.3, 0.4) is 0 Å². The van der Waals surface area contributed by atoms with Crippen LogP contribution >= 0.6 is 12.8 Å². The molecule has 110 valence electrons. The summed E-state index contributed by atoms with van der Waals surface area (Å²) in [7, 11) is -3.90. The van der Waals surface area contributed by atoms with Crippen molar-refractivity contribution in [1.82, 2.24) is 13.7 Å². The van der Waals surface area contributed by atoms with Gasteiger partial charge in [-0.2, -0.15) is 3.71 Å². The number of hydrogen-bond acceptors (Lipinski definition) is 6. The molecule has 0 aliphatic rings. The summed E-state index contributed by atoms with van der Waals surface area (Å²) in [6.45, 7) is 0. The van der Waals surface area contributed by atoms with E-state index in [1.165, 1.54) is 12.4 Å². The van der Waals surface area contributed by atoms with Gasteiger partial charge in [-0.25, -0.2) is 23.2 Å². The summed E-state index contributed by atoms with van der Waals surface area (Å²) < 4.78 is 24.5. The fraction of sp³-hybridized carbons (Fsp3) is 0.0833. The van der Waals surface area contributed by atoms with E-state index in [2.05, 4.69) is 28.1 Å². The summed E-state index contributed by atoms with van der Waals surface area (Å²) in [6, 6.07) is 9.13. The van der Waals surface area contributed by atoms with Crippen molar-refractivity contribution >= 4 is 34.8 Å². The zero-order chi connectivity index (χ0) is 15.3. The minimum absolute atomic E-state index is 0.00328. The predicted molar refractivity (Wildman–Crippen MR) is 80.9 cm³/mol. The molecule has 1 aromatic carbocycles. The zero-order valence-corrected chi connectivity index (χ0v) is 12.5. The van der Waals surface area contributed by atoms with Crippen LogP contribution in [0.2, 0.25) is 0 Å². The molecule has 0 fully saturated rings. The largest absolute Gasteiger partial charge is 0.348 e. The van der Waals surface area contributed by atoms with Crippen molar-refractivity contribution in [3.05, 3.63) is 54.4 Å². The van der Waals surface area contributed by atoms with Crippen molar-refractivity contribution in [2.75, 3.05) is 5.32 Å². The molecule has 9 heteroatoms. The molecule has 1 N–H and O–H groups in total. The normalized spacial score (nSPS) is 10.9. The number of rotatable bonds is 4. The van der Waals surface area contributed by atoms with E-state index in [1.807, 2.05) is 0 Å². The molecule has 1 heterocycles. The van der Waals surface area contributed by atoms with Crippen LogP contribution < -0.4 is 5.32 Å². The first-order valence-electron chi connectivity index (χ1n) is 5.83. The Balaban J connectivity index is 2.07. The van der Waals surface area contributed by atoms with Crippen molar-refractivity contribution in [3.63, 3.8) is 0 Å². The minimum atomic E-state index is -3.90. The highest BCUT2D eigenvalue weighted by Crippen LogP contribution is 2.14. The standard InChI is InChI=1S/C12H12N4O3S2/c17-12(15-11-13-7-4-8-14-11)16(20)21(18,19)9-10-5-2-1-3-6-10/h1-8,20H,9H2,(H,13,14,15,17). The Morgan fingerprint density at radius 1 is 1.14 bits per heavy atom. The highest BCUT2D eigenvalue weighted by molar-refractivity contribution is 8.00. The Labute approximate surface area is 127 Å². The number of carbonyl (C=O) groups excluding carboxylic acids is 1. The van der Waals surface area contributed by atoms with E-state index in [0.29, 0.717) is 9.27 Å². The minimum Gasteiger partial charge on any atom is -0.274 e. The van der Waals surface area contributed by atoms with Crippen molar-refractivity contribution in [1.29, 1.82) is 0 Å². The molecule has 0 bridgehead atoms. The molecule has 0 aliphatic carbocycles. The number of carbonyl (C=O) groups is 1. The Morgan fingerprint density at radius 3 is 2.38 bits per heavy atom. The van der Waals surface area contributed by atoms with Gasteiger partial charge in [-0.3, -0.25) is 5.32 Å². The molecule has 2 amide bonds. The summed E-state index contributed by atoms with van der Waals surface area (Å²) in [5.41, 5.74) is 0.556. The predicted octanol–water partition coefficient (Wildman–Crippen LogP) is 1.69. The number of nitrogens with zero attached hydrogens (tertiary/aromatic N) is 3. The number of sulfonamides is 1. The molecule has 0 radical (unpaired) electrons. The molecular weight excluding hydrogens is 312 g/mol. The highest BCUT2D eigenvalue weighted by Gasteiger charge is 2.25. The highest BCUT2D eigenvalue weighted by atomic mass is 32.3. The third kappa shape index (κ3) is 4.17. The lowest BCUT2D eigenvalue weighted by atomic mass is 10.2. The van der Waals surface area contributed by atoms with Crippen molar-refractivity contribution in [3.8, 4) is 0 Å². The topological polar surface area (TPSA) is 92.3 Å². The van der Waals surface area contributed by atoms with E-state index in [-0.39, 0.29) is 11.7 Å². The lowest BCUT2D eigenvalue weighted by Gasteiger charge is -2.16. The number of benzene rings is 1. The molecule has 0 saturated heterocycles. The van der Waals surface area contributed by atoms with Gasteiger partial charge >= 0.3 is 6.03 Å². The van der Waals surface area contributed by atoms with E-state index < -0.39 is 16.1 Å². The van der Waals surface area contributed by atoms with Crippen LogP contribution in [0.5, 0.6) is 0 Å². The van der Waals surface area contributed by atoms with Crippen molar-refractivity contribution in [2.45, 2.75) is 5.75 Å². The van der Waals surface area contributed by atoms with Crippen LogP contribution in [0.4, 0.5) is 10.7 Å². The van der Waals surface area contributed by atoms with Crippen LogP contribution in [0.1, 0.15) is 5.56 Å². The van der Waals surface area contributed by atoms with Crippen LogP contribution in [0.15, 0.2) is 48.8 Å². The second-order valence-corrected chi connectivity index (χ2v) is 6.48. The van der Waals surface area contributed by atoms with Crippen molar-refractivity contribution in [2.24, 2.45) is 0 Å². The molecular formula is C12H12N4O3S2. The smallest absolute Gasteiger partial charge is 0.274 e. The molecule has 2 rings (SSSR count). The van der Waals surface area contributed by atoms with Crippen LogP contribution in [-0.4, -0.2) is 28.1 Å². The van der Waals surface area contributed by atoms with Gasteiger partial charge in [0.25, 0.3) is 10.0 Å². The first-order valence-corrected chi connectivity index (χ1v) is 7.84. The Hall–Kier alpha value is -2.13. The van der Waals surface area contributed by atoms with E-state index in [1.54, 1.807) is 36.4 Å². The maximum absolute atomic E-state index is 12.1. The van der Waals surface area contributed by atoms with Gasteiger partial charge < -0.3 is 0 Å². The quantitative estimate of drug-likeness (QED) is 0.835. The molecule has 0 aliphatic heterocycles. The number of hydrogen-bond donors (Lipinski definition) is 2. The van der Waals surface area contributed by atoms with E-state index in [0.717, 1.165) is 0 Å². The van der Waals surface area contributed by atoms with Gasteiger partial charge in [-0.1, -0.05) is 30.3 Å². The summed E-state index contributed by atoms with van der Waals surface area (Å²) in [4.78, 5) is 19.4. The first-order chi connectivity index (χ1) is 9.99. The lowest BCUT2D eigenvalue weighted by Crippen LogP contribution is -2.34. The summed E-state index contributed by atoms with van der Waals surface area (Å²) in [5, 5.41) is 2.24.